The summed E-state index contributed by atoms with van der Waals surface area (Å²) in [6.07, 6.45) is 6.18. The van der Waals surface area contributed by atoms with Crippen LogP contribution in [0.1, 0.15) is 66.6 Å². The van der Waals surface area contributed by atoms with Crippen molar-refractivity contribution in [3.63, 3.8) is 0 Å². The van der Waals surface area contributed by atoms with Gasteiger partial charge >= 0.3 is 0 Å². The molecule has 8 nitrogen and oxygen atoms in total. The van der Waals surface area contributed by atoms with Gasteiger partial charge in [0.25, 0.3) is 0 Å². The molecule has 0 radical (unpaired) electrons. The summed E-state index contributed by atoms with van der Waals surface area (Å²) in [5.41, 5.74) is 5.10. The fourth-order valence-electron chi connectivity index (χ4n) is 5.10. The number of nitriles is 1. The number of hydrogen-bond donors (Lipinski definition) is 1. The van der Waals surface area contributed by atoms with E-state index >= 15 is 0 Å². The minimum atomic E-state index is -0.298. The van der Waals surface area contributed by atoms with E-state index in [0.29, 0.717) is 68.4 Å². The van der Waals surface area contributed by atoms with Gasteiger partial charge in [0.15, 0.2) is 11.5 Å². The van der Waals surface area contributed by atoms with Gasteiger partial charge in [-0.3, -0.25) is 19.5 Å². The zero-order chi connectivity index (χ0) is 27.1. The number of aryl methyl sites for hydroxylation is 1. The molecular formula is C30H33N5O3. The fourth-order valence-corrected chi connectivity index (χ4v) is 5.10. The first-order valence-electron chi connectivity index (χ1n) is 13.2. The summed E-state index contributed by atoms with van der Waals surface area (Å²) in [5, 5.41) is 18.5. The predicted molar refractivity (Wildman–Crippen MR) is 145 cm³/mol. The zero-order valence-electron chi connectivity index (χ0n) is 21.8. The number of likely N-dealkylation sites (tertiary alicyclic amines) is 1. The van der Waals surface area contributed by atoms with Crippen LogP contribution in [-0.2, 0) is 11.2 Å². The number of aromatic nitrogens is 2. The molecule has 1 N–H and O–H groups in total. The lowest BCUT2D eigenvalue weighted by Gasteiger charge is -2.28. The third kappa shape index (κ3) is 6.34. The normalized spacial score (nSPS) is 14.3. The van der Waals surface area contributed by atoms with Gasteiger partial charge in [-0.2, -0.15) is 5.26 Å². The molecule has 0 spiro atoms. The molecule has 0 aliphatic carbocycles. The smallest absolute Gasteiger partial charge is 0.187 e. The Morgan fingerprint density at radius 3 is 2.61 bits per heavy atom. The Balaban J connectivity index is 1.63. The van der Waals surface area contributed by atoms with E-state index in [1.807, 2.05) is 29.7 Å². The maximum Gasteiger partial charge on any atom is 0.187 e. The predicted octanol–water partition coefficient (Wildman–Crippen LogP) is 5.11. The van der Waals surface area contributed by atoms with Gasteiger partial charge in [-0.25, -0.2) is 4.85 Å². The van der Waals surface area contributed by atoms with Crippen molar-refractivity contribution in [2.45, 2.75) is 64.4 Å². The zero-order valence-corrected chi connectivity index (χ0v) is 21.8. The van der Waals surface area contributed by atoms with Crippen molar-refractivity contribution in [1.29, 1.82) is 5.26 Å². The standard InChI is InChI=1S/C30H33N5O3/c1-21-29(28(38)20-34-16-13-26(37)14-17-34)30-27(35(21)24-10-8-23(32-2)9-11-24)18-22(19-33-30)7-12-25(36)6-4-3-5-15-31/h8-11,18-19,26,37H,3-7,12-14,16-17,20H2,1H3. The van der Waals surface area contributed by atoms with Crippen molar-refractivity contribution in [1.82, 2.24) is 14.5 Å². The van der Waals surface area contributed by atoms with E-state index in [0.717, 1.165) is 35.3 Å². The number of carbonyl (C=O) groups is 2. The van der Waals surface area contributed by atoms with Gasteiger partial charge in [0.1, 0.15) is 5.78 Å². The molecule has 1 fully saturated rings. The molecule has 3 aromatic rings. The van der Waals surface area contributed by atoms with Gasteiger partial charge < -0.3 is 9.67 Å². The minimum absolute atomic E-state index is 0.00628. The van der Waals surface area contributed by atoms with E-state index < -0.39 is 0 Å². The molecule has 0 atom stereocenters. The number of pyridine rings is 1. The van der Waals surface area contributed by atoms with E-state index in [1.54, 1.807) is 18.3 Å². The van der Waals surface area contributed by atoms with Gasteiger partial charge in [-0.15, -0.1) is 0 Å². The summed E-state index contributed by atoms with van der Waals surface area (Å²) in [6, 6.07) is 11.4. The monoisotopic (exact) mass is 511 g/mol. The fraction of sp³-hybridized carbons (Fsp3) is 0.433. The van der Waals surface area contributed by atoms with Crippen molar-refractivity contribution < 1.29 is 14.7 Å². The summed E-state index contributed by atoms with van der Waals surface area (Å²) in [6.45, 7) is 10.8. The lowest BCUT2D eigenvalue weighted by molar-refractivity contribution is -0.119. The van der Waals surface area contributed by atoms with E-state index in [9.17, 15) is 14.7 Å². The number of piperidine rings is 1. The van der Waals surface area contributed by atoms with Crippen molar-refractivity contribution in [2.75, 3.05) is 19.6 Å². The van der Waals surface area contributed by atoms with Crippen LogP contribution < -0.4 is 0 Å². The molecule has 0 amide bonds. The van der Waals surface area contributed by atoms with Crippen molar-refractivity contribution >= 4 is 28.3 Å². The minimum Gasteiger partial charge on any atom is -0.393 e. The lowest BCUT2D eigenvalue weighted by atomic mass is 10.0. The molecule has 38 heavy (non-hydrogen) atoms. The number of aliphatic hydroxyl groups is 1. The maximum absolute atomic E-state index is 13.6. The summed E-state index contributed by atoms with van der Waals surface area (Å²) < 4.78 is 2.01. The lowest BCUT2D eigenvalue weighted by Crippen LogP contribution is -2.39. The van der Waals surface area contributed by atoms with Crippen molar-refractivity contribution in [2.24, 2.45) is 0 Å². The quantitative estimate of drug-likeness (QED) is 0.218. The van der Waals surface area contributed by atoms with Crippen LogP contribution in [0.15, 0.2) is 36.5 Å². The van der Waals surface area contributed by atoms with Crippen LogP contribution >= 0.6 is 0 Å². The first-order chi connectivity index (χ1) is 18.4. The molecule has 2 aromatic heterocycles. The van der Waals surface area contributed by atoms with Crippen LogP contribution in [0, 0.1) is 24.8 Å². The van der Waals surface area contributed by atoms with Crippen LogP contribution in [0.4, 0.5) is 5.69 Å². The van der Waals surface area contributed by atoms with Crippen LogP contribution in [-0.4, -0.2) is 56.9 Å². The molecule has 1 aliphatic heterocycles. The van der Waals surface area contributed by atoms with E-state index in [1.165, 1.54) is 0 Å². The number of nitrogens with zero attached hydrogens (tertiary/aromatic N) is 5. The summed E-state index contributed by atoms with van der Waals surface area (Å²) in [7, 11) is 0. The molecule has 0 bridgehead atoms. The molecule has 0 unspecified atom stereocenters. The summed E-state index contributed by atoms with van der Waals surface area (Å²) in [4.78, 5) is 36.2. The van der Waals surface area contributed by atoms with Crippen LogP contribution in [0.25, 0.3) is 21.6 Å². The van der Waals surface area contributed by atoms with E-state index in [2.05, 4.69) is 15.8 Å². The first kappa shape index (κ1) is 27.2. The molecule has 1 aliphatic rings. The number of unbranched alkanes of at least 4 members (excludes halogenated alkanes) is 2. The molecule has 0 saturated carbocycles. The average molecular weight is 512 g/mol. The second-order valence-electron chi connectivity index (χ2n) is 9.97. The van der Waals surface area contributed by atoms with Gasteiger partial charge in [-0.1, -0.05) is 12.1 Å². The van der Waals surface area contributed by atoms with Crippen LogP contribution in [0.5, 0.6) is 0 Å². The second-order valence-corrected chi connectivity index (χ2v) is 9.97. The SMILES string of the molecule is [C-]#[N+]c1ccc(-n2c(C)c(C(=O)CN3CCC(O)CC3)c3ncc(CCC(=O)CCCCC#N)cc32)cc1. The molecule has 1 saturated heterocycles. The molecule has 1 aromatic carbocycles. The highest BCUT2D eigenvalue weighted by Crippen LogP contribution is 2.30. The Morgan fingerprint density at radius 1 is 1.18 bits per heavy atom. The average Bonchev–Trinajstić information content (AvgIpc) is 3.22. The largest absolute Gasteiger partial charge is 0.393 e. The first-order valence-corrected chi connectivity index (χ1v) is 13.2. The number of carbonyl (C=O) groups excluding carboxylic acids is 2. The number of fused-ring (bicyclic) bond motifs is 1. The molecule has 4 rings (SSSR count). The Bertz CT molecular complexity index is 1390. The summed E-state index contributed by atoms with van der Waals surface area (Å²) in [5.74, 6) is 0.167. The summed E-state index contributed by atoms with van der Waals surface area (Å²) >= 11 is 0. The van der Waals surface area contributed by atoms with E-state index in [4.69, 9.17) is 16.8 Å². The Kier molecular flexibility index (Phi) is 9.02. The van der Waals surface area contributed by atoms with Crippen molar-refractivity contribution in [3.8, 4) is 11.8 Å². The maximum atomic E-state index is 13.6. The highest BCUT2D eigenvalue weighted by Gasteiger charge is 2.26. The third-order valence-electron chi connectivity index (χ3n) is 7.23. The highest BCUT2D eigenvalue weighted by molar-refractivity contribution is 6.09. The Labute approximate surface area is 223 Å². The topological polar surface area (TPSA) is 104 Å². The third-order valence-corrected chi connectivity index (χ3v) is 7.23. The molecule has 3 heterocycles. The Hall–Kier alpha value is -3.85. The number of hydrogen-bond acceptors (Lipinski definition) is 6. The van der Waals surface area contributed by atoms with Gasteiger partial charge in [-0.05, 0) is 62.8 Å². The number of Topliss-reactive ketones (excluding diaryl/α,β-unsaturated/α-hetero) is 2. The van der Waals surface area contributed by atoms with Gasteiger partial charge in [0, 0.05) is 49.9 Å². The number of benzene rings is 1. The Morgan fingerprint density at radius 2 is 1.92 bits per heavy atom. The second kappa shape index (κ2) is 12.6. The number of aliphatic hydroxyl groups excluding tert-OH is 1. The van der Waals surface area contributed by atoms with Gasteiger partial charge in [0.05, 0.1) is 41.9 Å². The van der Waals surface area contributed by atoms with Crippen LogP contribution in [0.3, 0.4) is 0 Å². The van der Waals surface area contributed by atoms with Gasteiger partial charge in [0.2, 0.25) is 0 Å². The number of ketones is 2. The van der Waals surface area contributed by atoms with Crippen molar-refractivity contribution in [3.05, 3.63) is 64.8 Å². The molecule has 8 heteroatoms. The molecular weight excluding hydrogens is 478 g/mol. The van der Waals surface area contributed by atoms with E-state index in [-0.39, 0.29) is 24.2 Å². The highest BCUT2D eigenvalue weighted by atomic mass is 16.3. The van der Waals surface area contributed by atoms with Crippen LogP contribution in [0.2, 0.25) is 0 Å². The molecule has 196 valence electrons. The number of rotatable bonds is 11.